The number of nitrogens with zero attached hydrogens (tertiary/aromatic N) is 5. The van der Waals surface area contributed by atoms with E-state index in [1.54, 1.807) is 6.26 Å². The predicted molar refractivity (Wildman–Crippen MR) is 106 cm³/mol. The van der Waals surface area contributed by atoms with Gasteiger partial charge in [-0.05, 0) is 31.9 Å². The lowest BCUT2D eigenvalue weighted by atomic mass is 10.1. The minimum absolute atomic E-state index is 0.132. The molecule has 10 heteroatoms. The summed E-state index contributed by atoms with van der Waals surface area (Å²) in [7, 11) is 0. The van der Waals surface area contributed by atoms with Crippen LogP contribution in [0.5, 0.6) is 0 Å². The highest BCUT2D eigenvalue weighted by molar-refractivity contribution is 7.99. The summed E-state index contributed by atoms with van der Waals surface area (Å²) in [4.78, 5) is 12.3. The number of rotatable bonds is 8. The number of aromatic nitrogens is 5. The van der Waals surface area contributed by atoms with E-state index < -0.39 is 0 Å². The first-order chi connectivity index (χ1) is 12.9. The Kier molecular flexibility index (Phi) is 6.27. The maximum absolute atomic E-state index is 12.3. The van der Waals surface area contributed by atoms with Crippen molar-refractivity contribution in [2.24, 2.45) is 5.92 Å². The second kappa shape index (κ2) is 8.66. The fraction of sp³-hybridized carbons (Fsp3) is 0.471. The van der Waals surface area contributed by atoms with Crippen molar-refractivity contribution in [2.75, 3.05) is 11.1 Å². The predicted octanol–water partition coefficient (Wildman–Crippen LogP) is 3.90. The molecule has 0 saturated heterocycles. The van der Waals surface area contributed by atoms with Crippen molar-refractivity contribution >= 4 is 34.1 Å². The first-order valence-corrected chi connectivity index (χ1v) is 10.5. The quantitative estimate of drug-likeness (QED) is 0.566. The Hall–Kier alpha value is -2.20. The van der Waals surface area contributed by atoms with E-state index in [-0.39, 0.29) is 17.7 Å². The van der Waals surface area contributed by atoms with Crippen LogP contribution >= 0.6 is 23.1 Å². The van der Waals surface area contributed by atoms with E-state index >= 15 is 0 Å². The zero-order valence-electron chi connectivity index (χ0n) is 15.7. The Balaban J connectivity index is 1.63. The van der Waals surface area contributed by atoms with Gasteiger partial charge in [-0.25, -0.2) is 0 Å². The van der Waals surface area contributed by atoms with E-state index in [1.807, 2.05) is 30.5 Å². The molecule has 3 rings (SSSR count). The van der Waals surface area contributed by atoms with Gasteiger partial charge >= 0.3 is 0 Å². The van der Waals surface area contributed by atoms with E-state index in [1.165, 1.54) is 23.1 Å². The van der Waals surface area contributed by atoms with E-state index in [4.69, 9.17) is 4.42 Å². The van der Waals surface area contributed by atoms with Gasteiger partial charge in [-0.2, -0.15) is 0 Å². The molecule has 0 unspecified atom stereocenters. The SMILES string of the molecule is CC(C)Cc1nnc(NC(=O)CSc2nnc(-c3ccco3)n2C(C)C)s1. The van der Waals surface area contributed by atoms with Crippen molar-refractivity contribution in [1.82, 2.24) is 25.0 Å². The number of hydrogen-bond acceptors (Lipinski definition) is 8. The number of carbonyl (C=O) groups excluding carboxylic acids is 1. The highest BCUT2D eigenvalue weighted by Gasteiger charge is 2.19. The van der Waals surface area contributed by atoms with Gasteiger partial charge in [0.05, 0.1) is 12.0 Å². The van der Waals surface area contributed by atoms with Crippen LogP contribution in [0.1, 0.15) is 38.7 Å². The zero-order valence-corrected chi connectivity index (χ0v) is 17.3. The maximum Gasteiger partial charge on any atom is 0.236 e. The summed E-state index contributed by atoms with van der Waals surface area (Å²) >= 11 is 2.74. The molecule has 0 saturated carbocycles. The Morgan fingerprint density at radius 1 is 1.26 bits per heavy atom. The molecule has 0 atom stereocenters. The highest BCUT2D eigenvalue weighted by atomic mass is 32.2. The second-order valence-corrected chi connectivity index (χ2v) is 8.69. The lowest BCUT2D eigenvalue weighted by molar-refractivity contribution is -0.113. The lowest BCUT2D eigenvalue weighted by Gasteiger charge is -2.12. The summed E-state index contributed by atoms with van der Waals surface area (Å²) in [6.07, 6.45) is 2.46. The van der Waals surface area contributed by atoms with Crippen LogP contribution in [0.25, 0.3) is 11.6 Å². The van der Waals surface area contributed by atoms with Gasteiger partial charge in [0.25, 0.3) is 0 Å². The Morgan fingerprint density at radius 2 is 2.07 bits per heavy atom. The Morgan fingerprint density at radius 3 is 2.74 bits per heavy atom. The zero-order chi connectivity index (χ0) is 19.4. The van der Waals surface area contributed by atoms with Gasteiger partial charge in [0.1, 0.15) is 5.01 Å². The third kappa shape index (κ3) is 4.95. The third-order valence-corrected chi connectivity index (χ3v) is 5.36. The fourth-order valence-corrected chi connectivity index (χ4v) is 4.27. The van der Waals surface area contributed by atoms with Crippen LogP contribution in [-0.2, 0) is 11.2 Å². The molecule has 1 amide bonds. The molecule has 0 aliphatic rings. The number of furan rings is 1. The maximum atomic E-state index is 12.3. The van der Waals surface area contributed by atoms with Gasteiger partial charge in [-0.1, -0.05) is 36.9 Å². The molecular weight excluding hydrogens is 384 g/mol. The molecule has 0 aliphatic heterocycles. The smallest absolute Gasteiger partial charge is 0.236 e. The van der Waals surface area contributed by atoms with E-state index in [0.717, 1.165) is 11.4 Å². The van der Waals surface area contributed by atoms with Crippen LogP contribution in [0.3, 0.4) is 0 Å². The third-order valence-electron chi connectivity index (χ3n) is 3.55. The van der Waals surface area contributed by atoms with Gasteiger partial charge in [0.15, 0.2) is 10.9 Å². The minimum Gasteiger partial charge on any atom is -0.461 e. The van der Waals surface area contributed by atoms with Gasteiger partial charge in [-0.15, -0.1) is 20.4 Å². The normalized spacial score (nSPS) is 11.5. The minimum atomic E-state index is -0.148. The number of anilines is 1. The molecule has 0 radical (unpaired) electrons. The largest absolute Gasteiger partial charge is 0.461 e. The molecule has 3 heterocycles. The molecule has 8 nitrogen and oxygen atoms in total. The molecule has 0 bridgehead atoms. The summed E-state index contributed by atoms with van der Waals surface area (Å²) in [5.74, 6) is 1.87. The number of amides is 1. The van der Waals surface area contributed by atoms with Crippen molar-refractivity contribution in [3.63, 3.8) is 0 Å². The molecular formula is C17H22N6O2S2. The van der Waals surface area contributed by atoms with Crippen LogP contribution < -0.4 is 5.32 Å². The van der Waals surface area contributed by atoms with Crippen LogP contribution in [0, 0.1) is 5.92 Å². The summed E-state index contributed by atoms with van der Waals surface area (Å²) in [5, 5.41) is 21.5. The monoisotopic (exact) mass is 406 g/mol. The van der Waals surface area contributed by atoms with Crippen molar-refractivity contribution in [3.05, 3.63) is 23.4 Å². The van der Waals surface area contributed by atoms with E-state index in [0.29, 0.717) is 27.8 Å². The standard InChI is InChI=1S/C17H22N6O2S2/c1-10(2)8-14-19-21-16(27-14)18-13(24)9-26-17-22-20-15(23(17)11(3)4)12-6-5-7-25-12/h5-7,10-11H,8-9H2,1-4H3,(H,18,21,24). The van der Waals surface area contributed by atoms with Gasteiger partial charge in [-0.3, -0.25) is 14.7 Å². The van der Waals surface area contributed by atoms with Crippen molar-refractivity contribution < 1.29 is 9.21 Å². The number of hydrogen-bond donors (Lipinski definition) is 1. The lowest BCUT2D eigenvalue weighted by Crippen LogP contribution is -2.15. The van der Waals surface area contributed by atoms with Gasteiger partial charge in [0.2, 0.25) is 16.9 Å². The molecule has 3 aromatic rings. The number of thioether (sulfide) groups is 1. The van der Waals surface area contributed by atoms with Crippen LogP contribution in [-0.4, -0.2) is 36.6 Å². The van der Waals surface area contributed by atoms with E-state index in [9.17, 15) is 4.79 Å². The molecule has 0 spiro atoms. The second-order valence-electron chi connectivity index (χ2n) is 6.68. The molecule has 1 N–H and O–H groups in total. The summed E-state index contributed by atoms with van der Waals surface area (Å²) in [6, 6.07) is 3.78. The Bertz CT molecular complexity index is 885. The topological polar surface area (TPSA) is 98.7 Å². The first kappa shape index (κ1) is 19.6. The molecule has 3 aromatic heterocycles. The molecule has 0 fully saturated rings. The van der Waals surface area contributed by atoms with Crippen molar-refractivity contribution in [1.29, 1.82) is 0 Å². The Labute approximate surface area is 165 Å². The fourth-order valence-electron chi connectivity index (χ4n) is 2.44. The first-order valence-electron chi connectivity index (χ1n) is 8.67. The van der Waals surface area contributed by atoms with Crippen LogP contribution in [0.15, 0.2) is 28.0 Å². The van der Waals surface area contributed by atoms with E-state index in [2.05, 4.69) is 39.6 Å². The average molecular weight is 407 g/mol. The summed E-state index contributed by atoms with van der Waals surface area (Å²) in [5.41, 5.74) is 0. The van der Waals surface area contributed by atoms with Crippen molar-refractivity contribution in [3.8, 4) is 11.6 Å². The van der Waals surface area contributed by atoms with Crippen LogP contribution in [0.4, 0.5) is 5.13 Å². The average Bonchev–Trinajstić information content (AvgIpc) is 3.32. The molecule has 27 heavy (non-hydrogen) atoms. The van der Waals surface area contributed by atoms with Crippen LogP contribution in [0.2, 0.25) is 0 Å². The highest BCUT2D eigenvalue weighted by Crippen LogP contribution is 2.28. The number of carbonyl (C=O) groups is 1. The summed E-state index contributed by atoms with van der Waals surface area (Å²) in [6.45, 7) is 8.32. The molecule has 0 aromatic carbocycles. The van der Waals surface area contributed by atoms with Gasteiger partial charge < -0.3 is 4.42 Å². The van der Waals surface area contributed by atoms with Gasteiger partial charge in [0, 0.05) is 12.5 Å². The summed E-state index contributed by atoms with van der Waals surface area (Å²) < 4.78 is 7.39. The van der Waals surface area contributed by atoms with Crippen molar-refractivity contribution in [2.45, 2.75) is 45.3 Å². The number of nitrogens with one attached hydrogen (secondary N) is 1. The molecule has 144 valence electrons. The molecule has 0 aliphatic carbocycles.